The highest BCUT2D eigenvalue weighted by Gasteiger charge is 2.38. The van der Waals surface area contributed by atoms with E-state index in [2.05, 4.69) is 24.1 Å². The van der Waals surface area contributed by atoms with Crippen molar-refractivity contribution < 1.29 is 42.5 Å². The molecule has 0 aliphatic rings. The molecule has 2 aromatic carbocycles. The Morgan fingerprint density at radius 3 is 1.91 bits per heavy atom. The Labute approximate surface area is 195 Å². The molecule has 0 atom stereocenters. The van der Waals surface area contributed by atoms with Crippen molar-refractivity contribution >= 4 is 29.2 Å². The summed E-state index contributed by atoms with van der Waals surface area (Å²) < 4.78 is 36.8. The molecule has 0 fully saturated rings. The molecule has 0 aromatic heterocycles. The lowest BCUT2D eigenvalue weighted by atomic mass is 10.1. The van der Waals surface area contributed by atoms with E-state index in [4.69, 9.17) is 14.6 Å². The Morgan fingerprint density at radius 1 is 0.971 bits per heavy atom. The quantitative estimate of drug-likeness (QED) is 0.463. The molecule has 2 aromatic rings. The molecule has 0 saturated heterocycles. The van der Waals surface area contributed by atoms with Crippen LogP contribution in [0.2, 0.25) is 0 Å². The number of alkyl halides is 3. The average molecular weight is 484 g/mol. The first-order valence-corrected chi connectivity index (χ1v) is 10.3. The summed E-state index contributed by atoms with van der Waals surface area (Å²) in [5.74, 6) is -3.41. The number of carbonyl (C=O) groups excluding carboxylic acids is 1. The smallest absolute Gasteiger partial charge is 0.490 e. The monoisotopic (exact) mass is 484 g/mol. The largest absolute Gasteiger partial charge is 0.497 e. The van der Waals surface area contributed by atoms with Crippen molar-refractivity contribution in [1.82, 2.24) is 0 Å². The van der Waals surface area contributed by atoms with Gasteiger partial charge in [-0.25, -0.2) is 9.59 Å². The van der Waals surface area contributed by atoms with E-state index in [-0.39, 0.29) is 11.5 Å². The molecule has 0 aliphatic heterocycles. The zero-order chi connectivity index (χ0) is 25.9. The number of anilines is 2. The predicted octanol–water partition coefficient (Wildman–Crippen LogP) is 4.91. The number of rotatable bonds is 9. The van der Waals surface area contributed by atoms with E-state index in [1.165, 1.54) is 6.07 Å². The molecule has 0 bridgehead atoms. The summed E-state index contributed by atoms with van der Waals surface area (Å²) in [5, 5.41) is 19.5. The van der Waals surface area contributed by atoms with E-state index >= 15 is 0 Å². The van der Waals surface area contributed by atoms with Gasteiger partial charge < -0.3 is 25.2 Å². The van der Waals surface area contributed by atoms with Gasteiger partial charge in [-0.3, -0.25) is 4.79 Å². The maximum absolute atomic E-state index is 12.4. The Balaban J connectivity index is 0.000000718. The number of halogens is 3. The van der Waals surface area contributed by atoms with Crippen LogP contribution in [0.15, 0.2) is 42.5 Å². The number of carboxylic acids is 2. The van der Waals surface area contributed by atoms with Crippen molar-refractivity contribution in [2.45, 2.75) is 32.9 Å². The summed E-state index contributed by atoms with van der Waals surface area (Å²) in [6.07, 6.45) is -3.23. The van der Waals surface area contributed by atoms with Crippen molar-refractivity contribution in [3.63, 3.8) is 0 Å². The molecule has 186 valence electrons. The number of aliphatic carboxylic acids is 1. The molecule has 0 spiro atoms. The van der Waals surface area contributed by atoms with Gasteiger partial charge in [-0.2, -0.15) is 13.2 Å². The molecule has 0 saturated carbocycles. The maximum Gasteiger partial charge on any atom is 0.490 e. The van der Waals surface area contributed by atoms with Crippen molar-refractivity contribution in [1.29, 1.82) is 0 Å². The van der Waals surface area contributed by atoms with Crippen molar-refractivity contribution in [3.05, 3.63) is 53.6 Å². The molecule has 34 heavy (non-hydrogen) atoms. The standard InChI is InChI=1S/C21H26N2O4.C2HF3O2/c1-4-12-23(13-5-2)19-11-8-16(14-18(19)21(25)26)22-20(24)15-6-9-17(27-3)10-7-15;3-2(4,5)1(6)7/h6-11,14H,4-5,12-13H2,1-3H3,(H,22,24)(H,25,26);(H,6,7). The molecule has 0 heterocycles. The number of amides is 1. The summed E-state index contributed by atoms with van der Waals surface area (Å²) in [6, 6.07) is 11.7. The fraction of sp³-hybridized carbons (Fsp3) is 0.348. The van der Waals surface area contributed by atoms with Crippen LogP contribution in [-0.4, -0.2) is 54.4 Å². The number of methoxy groups -OCH3 is 1. The second-order valence-corrected chi connectivity index (χ2v) is 7.01. The van der Waals surface area contributed by atoms with Gasteiger partial charge in [0.15, 0.2) is 0 Å². The molecule has 8 nitrogen and oxygen atoms in total. The molecule has 0 radical (unpaired) electrons. The lowest BCUT2D eigenvalue weighted by Gasteiger charge is -2.25. The number of nitrogens with zero attached hydrogens (tertiary/aromatic N) is 1. The highest BCUT2D eigenvalue weighted by molar-refractivity contribution is 6.05. The highest BCUT2D eigenvalue weighted by atomic mass is 19.4. The van der Waals surface area contributed by atoms with Crippen LogP contribution in [-0.2, 0) is 4.79 Å². The Morgan fingerprint density at radius 2 is 1.50 bits per heavy atom. The van der Waals surface area contributed by atoms with Gasteiger partial charge in [0, 0.05) is 24.3 Å². The summed E-state index contributed by atoms with van der Waals surface area (Å²) in [4.78, 5) is 35.1. The SMILES string of the molecule is CCCN(CCC)c1ccc(NC(=O)c2ccc(OC)cc2)cc1C(=O)O.O=C(O)C(F)(F)F. The fourth-order valence-electron chi connectivity index (χ4n) is 2.90. The highest BCUT2D eigenvalue weighted by Crippen LogP contribution is 2.26. The van der Waals surface area contributed by atoms with E-state index in [1.807, 2.05) is 0 Å². The van der Waals surface area contributed by atoms with Gasteiger partial charge in [0.2, 0.25) is 0 Å². The minimum Gasteiger partial charge on any atom is -0.497 e. The molecule has 0 unspecified atom stereocenters. The molecule has 1 amide bonds. The van der Waals surface area contributed by atoms with E-state index < -0.39 is 18.1 Å². The van der Waals surface area contributed by atoms with Crippen LogP contribution < -0.4 is 15.0 Å². The molecule has 3 N–H and O–H groups in total. The summed E-state index contributed by atoms with van der Waals surface area (Å²) in [7, 11) is 1.56. The second kappa shape index (κ2) is 13.1. The van der Waals surface area contributed by atoms with Crippen molar-refractivity contribution in [3.8, 4) is 5.75 Å². The Kier molecular flexibility index (Phi) is 10.9. The molecule has 0 aliphatic carbocycles. The number of ether oxygens (including phenoxy) is 1. The van der Waals surface area contributed by atoms with Crippen LogP contribution >= 0.6 is 0 Å². The van der Waals surface area contributed by atoms with Gasteiger partial charge in [0.1, 0.15) is 5.75 Å². The van der Waals surface area contributed by atoms with Gasteiger partial charge >= 0.3 is 18.1 Å². The summed E-state index contributed by atoms with van der Waals surface area (Å²) >= 11 is 0. The number of nitrogens with one attached hydrogen (secondary N) is 1. The zero-order valence-corrected chi connectivity index (χ0v) is 19.0. The minimum absolute atomic E-state index is 0.185. The number of hydrogen-bond donors (Lipinski definition) is 3. The van der Waals surface area contributed by atoms with Crippen molar-refractivity contribution in [2.24, 2.45) is 0 Å². The number of carbonyl (C=O) groups is 3. The first-order valence-electron chi connectivity index (χ1n) is 10.3. The van der Waals surface area contributed by atoms with Crippen molar-refractivity contribution in [2.75, 3.05) is 30.4 Å². The first kappa shape index (κ1) is 28.3. The number of aromatic carboxylic acids is 1. The molecule has 11 heteroatoms. The van der Waals surface area contributed by atoms with Crippen LogP contribution in [0, 0.1) is 0 Å². The van der Waals surface area contributed by atoms with E-state index in [1.54, 1.807) is 43.5 Å². The summed E-state index contributed by atoms with van der Waals surface area (Å²) in [6.45, 7) is 5.69. The van der Waals surface area contributed by atoms with E-state index in [0.29, 0.717) is 22.7 Å². The minimum atomic E-state index is -5.08. The van der Waals surface area contributed by atoms with Gasteiger partial charge in [0.05, 0.1) is 18.4 Å². The lowest BCUT2D eigenvalue weighted by Crippen LogP contribution is -2.27. The van der Waals surface area contributed by atoms with E-state index in [9.17, 15) is 27.9 Å². The number of carboxylic acid groups (broad SMARTS) is 2. The van der Waals surface area contributed by atoms with Gasteiger partial charge in [0.25, 0.3) is 5.91 Å². The van der Waals surface area contributed by atoms with Crippen LogP contribution in [0.25, 0.3) is 0 Å². The van der Waals surface area contributed by atoms with Crippen LogP contribution in [0.4, 0.5) is 24.5 Å². The predicted molar refractivity (Wildman–Crippen MR) is 121 cm³/mol. The van der Waals surface area contributed by atoms with Gasteiger partial charge in [-0.15, -0.1) is 0 Å². The molecular formula is C23H27F3N2O6. The third-order valence-electron chi connectivity index (χ3n) is 4.41. The first-order chi connectivity index (χ1) is 15.9. The number of benzene rings is 2. The van der Waals surface area contributed by atoms with Crippen LogP contribution in [0.3, 0.4) is 0 Å². The summed E-state index contributed by atoms with van der Waals surface area (Å²) in [5.41, 5.74) is 1.78. The van der Waals surface area contributed by atoms with Gasteiger partial charge in [-0.05, 0) is 55.3 Å². The lowest BCUT2D eigenvalue weighted by molar-refractivity contribution is -0.192. The van der Waals surface area contributed by atoms with Crippen LogP contribution in [0.1, 0.15) is 47.4 Å². The van der Waals surface area contributed by atoms with Gasteiger partial charge in [-0.1, -0.05) is 13.8 Å². The average Bonchev–Trinajstić information content (AvgIpc) is 2.78. The fourth-order valence-corrected chi connectivity index (χ4v) is 2.90. The zero-order valence-electron chi connectivity index (χ0n) is 19.0. The second-order valence-electron chi connectivity index (χ2n) is 7.01. The van der Waals surface area contributed by atoms with E-state index in [0.717, 1.165) is 25.9 Å². The third kappa shape index (κ3) is 8.64. The normalized spacial score (nSPS) is 10.5. The molecule has 2 rings (SSSR count). The third-order valence-corrected chi connectivity index (χ3v) is 4.41. The Bertz CT molecular complexity index is 972. The molecular weight excluding hydrogens is 457 g/mol. The number of hydrogen-bond acceptors (Lipinski definition) is 5. The van der Waals surface area contributed by atoms with Crippen LogP contribution in [0.5, 0.6) is 5.75 Å². The topological polar surface area (TPSA) is 116 Å². The Hall–Kier alpha value is -3.76. The maximum atomic E-state index is 12.4.